The van der Waals surface area contributed by atoms with Crippen molar-refractivity contribution in [2.45, 2.75) is 6.18 Å². The van der Waals surface area contributed by atoms with Gasteiger partial charge in [0.25, 0.3) is 5.91 Å². The van der Waals surface area contributed by atoms with E-state index in [2.05, 4.69) is 20.4 Å². The summed E-state index contributed by atoms with van der Waals surface area (Å²) in [6.45, 7) is 0. The number of fused-ring (bicyclic) bond motifs is 2. The van der Waals surface area contributed by atoms with Crippen LogP contribution in [-0.2, 0) is 6.18 Å². The van der Waals surface area contributed by atoms with Crippen molar-refractivity contribution < 1.29 is 22.7 Å². The van der Waals surface area contributed by atoms with E-state index in [1.165, 1.54) is 19.4 Å². The van der Waals surface area contributed by atoms with Crippen LogP contribution in [0.3, 0.4) is 0 Å². The number of aromatic nitrogens is 4. The molecule has 0 fully saturated rings. The van der Waals surface area contributed by atoms with E-state index in [1.54, 1.807) is 30.3 Å². The second kappa shape index (κ2) is 8.14. The molecule has 0 saturated carbocycles. The number of hydrogen-bond acceptors (Lipinski definition) is 5. The lowest BCUT2D eigenvalue weighted by Gasteiger charge is -2.11. The Morgan fingerprint density at radius 2 is 1.79 bits per heavy atom. The van der Waals surface area contributed by atoms with Gasteiger partial charge in [-0.3, -0.25) is 9.78 Å². The number of amides is 1. The molecule has 5 aromatic rings. The second-order valence-corrected chi connectivity index (χ2v) is 7.42. The van der Waals surface area contributed by atoms with Crippen molar-refractivity contribution in [3.63, 3.8) is 0 Å². The topological polar surface area (TPSA) is 81.4 Å². The number of ether oxygens (including phenoxy) is 1. The molecule has 170 valence electrons. The van der Waals surface area contributed by atoms with Crippen molar-refractivity contribution in [3.8, 4) is 17.0 Å². The first kappa shape index (κ1) is 21.4. The number of pyridine rings is 1. The fourth-order valence-electron chi connectivity index (χ4n) is 3.53. The fraction of sp³-hybridized carbons (Fsp3) is 0.0833. The minimum atomic E-state index is -4.72. The van der Waals surface area contributed by atoms with Gasteiger partial charge in [0.15, 0.2) is 17.0 Å². The largest absolute Gasteiger partial charge is 0.497 e. The van der Waals surface area contributed by atoms with Crippen LogP contribution in [0.5, 0.6) is 5.75 Å². The number of benzene rings is 2. The van der Waals surface area contributed by atoms with Crippen molar-refractivity contribution in [2.24, 2.45) is 0 Å². The van der Waals surface area contributed by atoms with E-state index >= 15 is 0 Å². The molecule has 0 unspecified atom stereocenters. The zero-order chi connectivity index (χ0) is 23.9. The Morgan fingerprint density at radius 1 is 1.03 bits per heavy atom. The summed E-state index contributed by atoms with van der Waals surface area (Å²) < 4.78 is 47.2. The number of nitrogens with zero attached hydrogens (tertiary/aromatic N) is 4. The van der Waals surface area contributed by atoms with E-state index in [-0.39, 0.29) is 17.0 Å². The summed E-state index contributed by atoms with van der Waals surface area (Å²) in [5.74, 6) is -0.117. The fourth-order valence-corrected chi connectivity index (χ4v) is 3.53. The highest BCUT2D eigenvalue weighted by Crippen LogP contribution is 2.33. The van der Waals surface area contributed by atoms with Gasteiger partial charge in [-0.25, -0.2) is 9.50 Å². The Kier molecular flexibility index (Phi) is 5.12. The highest BCUT2D eigenvalue weighted by Gasteiger charge is 2.35. The van der Waals surface area contributed by atoms with E-state index in [1.807, 2.05) is 24.3 Å². The first-order chi connectivity index (χ1) is 16.3. The van der Waals surface area contributed by atoms with Crippen LogP contribution >= 0.6 is 0 Å². The van der Waals surface area contributed by atoms with Crippen molar-refractivity contribution in [1.29, 1.82) is 0 Å². The van der Waals surface area contributed by atoms with Crippen molar-refractivity contribution in [2.75, 3.05) is 12.4 Å². The van der Waals surface area contributed by atoms with Crippen LogP contribution in [0.4, 0.5) is 18.9 Å². The average molecular weight is 463 g/mol. The first-order valence-corrected chi connectivity index (χ1v) is 10.1. The molecule has 1 amide bonds. The molecule has 0 aliphatic rings. The third-order valence-electron chi connectivity index (χ3n) is 5.18. The lowest BCUT2D eigenvalue weighted by atomic mass is 10.1. The van der Waals surface area contributed by atoms with Crippen LogP contribution in [0.2, 0.25) is 0 Å². The van der Waals surface area contributed by atoms with Crippen LogP contribution in [-0.4, -0.2) is 32.6 Å². The van der Waals surface area contributed by atoms with Crippen LogP contribution in [0.25, 0.3) is 27.8 Å². The zero-order valence-corrected chi connectivity index (χ0v) is 17.7. The predicted molar refractivity (Wildman–Crippen MR) is 120 cm³/mol. The molecule has 0 spiro atoms. The molecule has 3 aromatic heterocycles. The number of methoxy groups -OCH3 is 1. The SMILES string of the molecule is COc1ccc(-c2cc(C(F)(F)F)n3nc(C(=O)Nc4cnc5ccccc5c4)cc3n2)cc1. The minimum absolute atomic E-state index is 0.0908. The maximum Gasteiger partial charge on any atom is 0.433 e. The summed E-state index contributed by atoms with van der Waals surface area (Å²) >= 11 is 0. The molecular formula is C24H16F3N5O2. The van der Waals surface area contributed by atoms with Crippen molar-refractivity contribution in [3.05, 3.63) is 84.3 Å². The molecule has 5 rings (SSSR count). The lowest BCUT2D eigenvalue weighted by Crippen LogP contribution is -2.15. The number of carbonyl (C=O) groups is 1. The molecule has 7 nitrogen and oxygen atoms in total. The molecule has 2 aromatic carbocycles. The van der Waals surface area contributed by atoms with Gasteiger partial charge in [-0.1, -0.05) is 18.2 Å². The standard InChI is InChI=1S/C24H16F3N5O2/c1-34-17-8-6-14(7-9-17)19-11-21(24(25,26)27)32-22(30-19)12-20(31-32)23(33)29-16-10-15-4-2-3-5-18(15)28-13-16/h2-13H,1H3,(H,29,33). The molecular weight excluding hydrogens is 447 g/mol. The molecule has 1 N–H and O–H groups in total. The average Bonchev–Trinajstić information content (AvgIpc) is 3.27. The zero-order valence-electron chi connectivity index (χ0n) is 17.7. The maximum atomic E-state index is 13.8. The lowest BCUT2D eigenvalue weighted by molar-refractivity contribution is -0.142. The first-order valence-electron chi connectivity index (χ1n) is 10.1. The Morgan fingerprint density at radius 3 is 2.53 bits per heavy atom. The Balaban J connectivity index is 1.53. The van der Waals surface area contributed by atoms with E-state index < -0.39 is 17.8 Å². The number of carbonyl (C=O) groups excluding carboxylic acids is 1. The van der Waals surface area contributed by atoms with Gasteiger partial charge in [-0.15, -0.1) is 0 Å². The molecule has 0 radical (unpaired) electrons. The van der Waals surface area contributed by atoms with Crippen LogP contribution in [0.1, 0.15) is 16.2 Å². The van der Waals surface area contributed by atoms with Gasteiger partial charge < -0.3 is 10.1 Å². The van der Waals surface area contributed by atoms with Crippen LogP contribution < -0.4 is 10.1 Å². The number of para-hydroxylation sites is 1. The third-order valence-corrected chi connectivity index (χ3v) is 5.18. The summed E-state index contributed by atoms with van der Waals surface area (Å²) in [6.07, 6.45) is -3.25. The second-order valence-electron chi connectivity index (χ2n) is 7.42. The predicted octanol–water partition coefficient (Wildman–Crippen LogP) is 5.22. The van der Waals surface area contributed by atoms with E-state index in [4.69, 9.17) is 4.74 Å². The van der Waals surface area contributed by atoms with E-state index in [0.717, 1.165) is 17.0 Å². The number of anilines is 1. The molecule has 0 atom stereocenters. The molecule has 3 heterocycles. The molecule has 0 saturated heterocycles. The van der Waals surface area contributed by atoms with Gasteiger partial charge in [-0.2, -0.15) is 18.3 Å². The number of alkyl halides is 3. The third kappa shape index (κ3) is 4.01. The molecule has 0 bridgehead atoms. The summed E-state index contributed by atoms with van der Waals surface area (Å²) in [5.41, 5.74) is 0.327. The maximum absolute atomic E-state index is 13.8. The summed E-state index contributed by atoms with van der Waals surface area (Å²) in [5, 5.41) is 7.32. The number of rotatable bonds is 4. The van der Waals surface area contributed by atoms with E-state index in [0.29, 0.717) is 21.5 Å². The summed E-state index contributed by atoms with van der Waals surface area (Å²) in [6, 6.07) is 17.6. The Hall–Kier alpha value is -4.47. The van der Waals surface area contributed by atoms with Crippen LogP contribution in [0, 0.1) is 0 Å². The highest BCUT2D eigenvalue weighted by molar-refractivity contribution is 6.04. The molecule has 34 heavy (non-hydrogen) atoms. The Labute approximate surface area is 190 Å². The summed E-state index contributed by atoms with van der Waals surface area (Å²) in [7, 11) is 1.49. The van der Waals surface area contributed by atoms with Gasteiger partial charge in [0.2, 0.25) is 0 Å². The Bertz CT molecular complexity index is 1530. The van der Waals surface area contributed by atoms with Gasteiger partial charge in [0.05, 0.1) is 30.2 Å². The molecule has 0 aliphatic heterocycles. The number of hydrogen-bond donors (Lipinski definition) is 1. The van der Waals surface area contributed by atoms with Crippen LogP contribution in [0.15, 0.2) is 72.9 Å². The van der Waals surface area contributed by atoms with Gasteiger partial charge in [0.1, 0.15) is 5.75 Å². The highest BCUT2D eigenvalue weighted by atomic mass is 19.4. The number of nitrogens with one attached hydrogen (secondary N) is 1. The van der Waals surface area contributed by atoms with Crippen molar-refractivity contribution in [1.82, 2.24) is 19.6 Å². The van der Waals surface area contributed by atoms with Gasteiger partial charge >= 0.3 is 6.18 Å². The summed E-state index contributed by atoms with van der Waals surface area (Å²) in [4.78, 5) is 21.3. The quantitative estimate of drug-likeness (QED) is 0.395. The minimum Gasteiger partial charge on any atom is -0.497 e. The molecule has 10 heteroatoms. The normalized spacial score (nSPS) is 11.6. The van der Waals surface area contributed by atoms with E-state index in [9.17, 15) is 18.0 Å². The molecule has 0 aliphatic carbocycles. The van der Waals surface area contributed by atoms with Gasteiger partial charge in [0, 0.05) is 17.0 Å². The number of halogens is 3. The monoisotopic (exact) mass is 463 g/mol. The van der Waals surface area contributed by atoms with Gasteiger partial charge in [-0.05, 0) is 42.5 Å². The smallest absolute Gasteiger partial charge is 0.433 e. The van der Waals surface area contributed by atoms with Crippen molar-refractivity contribution >= 4 is 28.1 Å².